The molecule has 260 valence electrons. The van der Waals surface area contributed by atoms with E-state index in [0.29, 0.717) is 17.2 Å². The van der Waals surface area contributed by atoms with E-state index in [1.54, 1.807) is 35.6 Å². The molecule has 10 nitrogen and oxygen atoms in total. The molecule has 5 atom stereocenters. The number of carbonyl (C=O) groups is 2. The van der Waals surface area contributed by atoms with Crippen LogP contribution >= 0.6 is 45.2 Å². The first-order valence-corrected chi connectivity index (χ1v) is 16.2. The summed E-state index contributed by atoms with van der Waals surface area (Å²) >= 11 is 3.73. The highest BCUT2D eigenvalue weighted by molar-refractivity contribution is 14.1. The third-order valence-electron chi connectivity index (χ3n) is 7.42. The largest absolute Gasteiger partial charge is 0.478 e. The van der Waals surface area contributed by atoms with Gasteiger partial charge in [0, 0.05) is 26.8 Å². The molecule has 0 aliphatic carbocycles. The quantitative estimate of drug-likeness (QED) is 0.105. The average molecular weight is 912 g/mol. The summed E-state index contributed by atoms with van der Waals surface area (Å²) in [5.41, 5.74) is 1.06. The Morgan fingerprint density at radius 2 is 1.22 bits per heavy atom. The van der Waals surface area contributed by atoms with Crippen molar-refractivity contribution in [2.24, 2.45) is 0 Å². The third-order valence-corrected chi connectivity index (χ3v) is 9.34. The highest BCUT2D eigenvalue weighted by Crippen LogP contribution is 2.36. The molecule has 5 rings (SSSR count). The van der Waals surface area contributed by atoms with Gasteiger partial charge in [0.2, 0.25) is 6.29 Å². The molecule has 16 heteroatoms. The topological polar surface area (TPSA) is 174 Å². The van der Waals surface area contributed by atoms with Gasteiger partial charge in [-0.05, 0) is 117 Å². The van der Waals surface area contributed by atoms with Crippen LogP contribution in [0.2, 0.25) is 0 Å². The predicted octanol–water partition coefficient (Wildman–Crippen LogP) is 5.36. The van der Waals surface area contributed by atoms with E-state index in [1.807, 2.05) is 22.6 Å². The summed E-state index contributed by atoms with van der Waals surface area (Å²) in [7, 11) is 0. The molecule has 1 aliphatic heterocycles. The van der Waals surface area contributed by atoms with E-state index < -0.39 is 78.1 Å². The molecule has 0 radical (unpaired) electrons. The summed E-state index contributed by atoms with van der Waals surface area (Å²) in [6, 6.07) is 11.7. The number of carboxylic acids is 2. The number of hydrogen-bond acceptors (Lipinski definition) is 8. The molecule has 2 unspecified atom stereocenters. The minimum atomic E-state index is -1.74. The number of aliphatic hydroxyl groups is 4. The lowest BCUT2D eigenvalue weighted by molar-refractivity contribution is -0.277. The lowest BCUT2D eigenvalue weighted by Gasteiger charge is -2.39. The Morgan fingerprint density at radius 3 is 1.69 bits per heavy atom. The number of halogens is 6. The van der Waals surface area contributed by atoms with Crippen LogP contribution in [-0.2, 0) is 4.74 Å². The van der Waals surface area contributed by atoms with Crippen LogP contribution in [0.1, 0.15) is 26.3 Å². The van der Waals surface area contributed by atoms with Crippen molar-refractivity contribution in [3.05, 3.63) is 108 Å². The fourth-order valence-electron chi connectivity index (χ4n) is 4.81. The number of aromatic carboxylic acids is 2. The van der Waals surface area contributed by atoms with Gasteiger partial charge in [-0.25, -0.2) is 27.2 Å². The summed E-state index contributed by atoms with van der Waals surface area (Å²) in [5.74, 6) is -5.79. The van der Waals surface area contributed by atoms with Crippen molar-refractivity contribution in [1.82, 2.24) is 0 Å². The number of rotatable bonds is 7. The second kappa shape index (κ2) is 16.1. The maximum Gasteiger partial charge on any atom is 0.339 e. The van der Waals surface area contributed by atoms with Crippen LogP contribution in [0.15, 0.2) is 60.7 Å². The van der Waals surface area contributed by atoms with Crippen molar-refractivity contribution in [2.45, 2.75) is 37.6 Å². The smallest absolute Gasteiger partial charge is 0.339 e. The van der Waals surface area contributed by atoms with Crippen molar-refractivity contribution in [3.63, 3.8) is 0 Å². The lowest BCUT2D eigenvalue weighted by atomic mass is 9.99. The van der Waals surface area contributed by atoms with Gasteiger partial charge < -0.3 is 40.1 Å². The lowest BCUT2D eigenvalue weighted by Crippen LogP contribution is -2.60. The average Bonchev–Trinajstić information content (AvgIpc) is 3.03. The first kappa shape index (κ1) is 38.4. The molecule has 4 aromatic rings. The number of hydrogen-bond donors (Lipinski definition) is 6. The van der Waals surface area contributed by atoms with E-state index >= 15 is 0 Å². The van der Waals surface area contributed by atoms with Gasteiger partial charge in [0.1, 0.15) is 53.2 Å². The van der Waals surface area contributed by atoms with Crippen molar-refractivity contribution >= 4 is 57.1 Å². The molecular formula is C33H26F4I2O10. The van der Waals surface area contributed by atoms with Gasteiger partial charge >= 0.3 is 11.9 Å². The molecule has 4 aromatic carbocycles. The van der Waals surface area contributed by atoms with Crippen molar-refractivity contribution in [3.8, 4) is 28.0 Å². The summed E-state index contributed by atoms with van der Waals surface area (Å²) < 4.78 is 65.6. The summed E-state index contributed by atoms with van der Waals surface area (Å²) in [6.07, 6.45) is -7.90. The number of aliphatic hydroxyl groups excluding tert-OH is 4. The first-order valence-electron chi connectivity index (χ1n) is 14.0. The maximum absolute atomic E-state index is 14.1. The van der Waals surface area contributed by atoms with Crippen LogP contribution in [0.5, 0.6) is 5.75 Å². The minimum absolute atomic E-state index is 0.0313. The molecule has 1 saturated heterocycles. The van der Waals surface area contributed by atoms with E-state index in [-0.39, 0.29) is 31.6 Å². The molecule has 1 aliphatic rings. The van der Waals surface area contributed by atoms with Crippen molar-refractivity contribution < 1.29 is 67.3 Å². The van der Waals surface area contributed by atoms with E-state index in [0.717, 1.165) is 27.8 Å². The third kappa shape index (κ3) is 8.67. The molecular weight excluding hydrogens is 886 g/mol. The molecule has 1 fully saturated rings. The standard InChI is InChI=1S/C19H17F2IO8.C14H9F2IO2/c20-8-1-2-9(11(21)5-8)7-3-10(18(27)28)17(12(22)4-7)30-19-16(26)15(25)14(24)13(6-23)29-19;1-7-11(14(18)19)4-8(5-13(7)17)10-3-2-9(15)6-12(10)16/h1-5,13-16,19,23-26H,6H2,(H,27,28);2-6H,1H3,(H,18,19)/t13?,14-,15+,16?,19+;/m1./s1. The van der Waals surface area contributed by atoms with E-state index in [9.17, 15) is 52.7 Å². The van der Waals surface area contributed by atoms with E-state index in [2.05, 4.69) is 0 Å². The van der Waals surface area contributed by atoms with Gasteiger partial charge in [0.05, 0.1) is 15.7 Å². The molecule has 49 heavy (non-hydrogen) atoms. The van der Waals surface area contributed by atoms with Crippen LogP contribution < -0.4 is 4.74 Å². The molecule has 0 amide bonds. The maximum atomic E-state index is 14.1. The van der Waals surface area contributed by atoms with Crippen molar-refractivity contribution in [1.29, 1.82) is 0 Å². The zero-order valence-electron chi connectivity index (χ0n) is 25.0. The van der Waals surface area contributed by atoms with Gasteiger partial charge in [0.25, 0.3) is 0 Å². The highest BCUT2D eigenvalue weighted by atomic mass is 127. The summed E-state index contributed by atoms with van der Waals surface area (Å²) in [4.78, 5) is 22.9. The fraction of sp³-hybridized carbons (Fsp3) is 0.212. The molecule has 0 saturated carbocycles. The van der Waals surface area contributed by atoms with Gasteiger partial charge in [0.15, 0.2) is 5.75 Å². The van der Waals surface area contributed by atoms with Gasteiger partial charge in [-0.2, -0.15) is 0 Å². The van der Waals surface area contributed by atoms with Gasteiger partial charge in [-0.3, -0.25) is 0 Å². The molecule has 0 spiro atoms. The Balaban J connectivity index is 0.000000244. The van der Waals surface area contributed by atoms with E-state index in [1.165, 1.54) is 24.3 Å². The molecule has 1 heterocycles. The monoisotopic (exact) mass is 912 g/mol. The van der Waals surface area contributed by atoms with Crippen LogP contribution in [0.3, 0.4) is 0 Å². The number of ether oxygens (including phenoxy) is 2. The molecule has 0 bridgehead atoms. The van der Waals surface area contributed by atoms with Crippen LogP contribution in [0, 0.1) is 37.3 Å². The number of carboxylic acid groups (broad SMARTS) is 2. The Bertz CT molecular complexity index is 1890. The minimum Gasteiger partial charge on any atom is -0.478 e. The molecule has 6 N–H and O–H groups in total. The van der Waals surface area contributed by atoms with E-state index in [4.69, 9.17) is 14.6 Å². The van der Waals surface area contributed by atoms with Crippen LogP contribution in [-0.4, -0.2) is 79.9 Å². The zero-order chi connectivity index (χ0) is 36.3. The summed E-state index contributed by atoms with van der Waals surface area (Å²) in [5, 5.41) is 57.8. The fourth-order valence-corrected chi connectivity index (χ4v) is 6.19. The second-order valence-corrected chi connectivity index (χ2v) is 13.0. The van der Waals surface area contributed by atoms with Crippen LogP contribution in [0.25, 0.3) is 22.3 Å². The zero-order valence-corrected chi connectivity index (χ0v) is 29.3. The second-order valence-electron chi connectivity index (χ2n) is 10.6. The van der Waals surface area contributed by atoms with Crippen molar-refractivity contribution in [2.75, 3.05) is 6.61 Å². The van der Waals surface area contributed by atoms with Crippen LogP contribution in [0.4, 0.5) is 17.6 Å². The van der Waals surface area contributed by atoms with Gasteiger partial charge in [-0.15, -0.1) is 0 Å². The highest BCUT2D eigenvalue weighted by Gasteiger charge is 2.45. The Morgan fingerprint density at radius 1 is 0.735 bits per heavy atom. The number of benzene rings is 4. The SMILES string of the molecule is Cc1c(I)cc(-c2ccc(F)cc2F)cc1C(=O)O.O=C(O)c1cc(-c2ccc(F)cc2F)cc(I)c1O[C@@H]1OC(CO)[C@@H](O)[C@H](O)C1O. The molecule has 0 aromatic heterocycles. The Hall–Kier alpha value is -3.40. The normalized spacial score (nSPS) is 20.3. The summed E-state index contributed by atoms with van der Waals surface area (Å²) in [6.45, 7) is 1.01. The Kier molecular flexibility index (Phi) is 12.6. The Labute approximate surface area is 302 Å². The van der Waals surface area contributed by atoms with Gasteiger partial charge in [-0.1, -0.05) is 0 Å². The first-order chi connectivity index (χ1) is 23.0. The predicted molar refractivity (Wildman–Crippen MR) is 182 cm³/mol.